The van der Waals surface area contributed by atoms with E-state index in [-0.39, 0.29) is 11.3 Å². The maximum atomic E-state index is 12.2. The van der Waals surface area contributed by atoms with Crippen molar-refractivity contribution in [3.05, 3.63) is 35.4 Å². The summed E-state index contributed by atoms with van der Waals surface area (Å²) in [7, 11) is 0. The van der Waals surface area contributed by atoms with E-state index in [9.17, 15) is 4.79 Å². The molecular weight excluding hydrogens is 256 g/mol. The van der Waals surface area contributed by atoms with Crippen LogP contribution >= 0.6 is 12.2 Å². The van der Waals surface area contributed by atoms with Crippen LogP contribution in [0.25, 0.3) is 0 Å². The Hall–Kier alpha value is -1.42. The third-order valence-electron chi connectivity index (χ3n) is 3.62. The number of amides is 1. The van der Waals surface area contributed by atoms with Crippen LogP contribution in [0.15, 0.2) is 24.3 Å². The van der Waals surface area contributed by atoms with E-state index in [0.717, 1.165) is 30.6 Å². The molecule has 1 aliphatic rings. The number of hydrogen-bond acceptors (Lipinski definition) is 2. The highest BCUT2D eigenvalue weighted by atomic mass is 32.1. The van der Waals surface area contributed by atoms with Crippen LogP contribution in [-0.4, -0.2) is 28.9 Å². The van der Waals surface area contributed by atoms with Crippen molar-refractivity contribution in [2.24, 2.45) is 11.1 Å². The lowest BCUT2D eigenvalue weighted by molar-refractivity contribution is -0.129. The third kappa shape index (κ3) is 3.53. The maximum absolute atomic E-state index is 12.2. The lowest BCUT2D eigenvalue weighted by atomic mass is 9.93. The molecule has 0 unspecified atom stereocenters. The lowest BCUT2D eigenvalue weighted by Crippen LogP contribution is -2.31. The molecule has 1 aliphatic heterocycles. The van der Waals surface area contributed by atoms with Gasteiger partial charge in [0, 0.05) is 18.7 Å². The van der Waals surface area contributed by atoms with Gasteiger partial charge in [0.15, 0.2) is 0 Å². The van der Waals surface area contributed by atoms with Gasteiger partial charge in [-0.1, -0.05) is 50.3 Å². The number of thiocarbonyl (C=S) groups is 1. The van der Waals surface area contributed by atoms with E-state index >= 15 is 0 Å². The van der Waals surface area contributed by atoms with Gasteiger partial charge in [-0.3, -0.25) is 4.79 Å². The van der Waals surface area contributed by atoms with Gasteiger partial charge in [-0.25, -0.2) is 0 Å². The molecule has 3 nitrogen and oxygen atoms in total. The average molecular weight is 276 g/mol. The summed E-state index contributed by atoms with van der Waals surface area (Å²) in [6, 6.07) is 7.60. The van der Waals surface area contributed by atoms with Crippen LogP contribution in [0.3, 0.4) is 0 Å². The molecule has 1 amide bonds. The van der Waals surface area contributed by atoms with Gasteiger partial charge in [-0.05, 0) is 17.4 Å². The molecule has 1 aromatic carbocycles. The van der Waals surface area contributed by atoms with Gasteiger partial charge in [-0.2, -0.15) is 0 Å². The van der Waals surface area contributed by atoms with Crippen molar-refractivity contribution in [1.29, 1.82) is 0 Å². The molecule has 102 valence electrons. The minimum atomic E-state index is 0.202. The van der Waals surface area contributed by atoms with E-state index in [1.807, 2.05) is 29.2 Å². The minimum absolute atomic E-state index is 0.202. The van der Waals surface area contributed by atoms with Crippen LogP contribution in [0.5, 0.6) is 0 Å². The van der Waals surface area contributed by atoms with Crippen LogP contribution in [0.2, 0.25) is 0 Å². The molecule has 19 heavy (non-hydrogen) atoms. The Kier molecular flexibility index (Phi) is 3.90. The predicted molar refractivity (Wildman–Crippen MR) is 81.0 cm³/mol. The first-order chi connectivity index (χ1) is 8.87. The van der Waals surface area contributed by atoms with Crippen LogP contribution in [-0.2, 0) is 11.2 Å². The van der Waals surface area contributed by atoms with Crippen molar-refractivity contribution in [3.8, 4) is 0 Å². The quantitative estimate of drug-likeness (QED) is 0.860. The molecule has 4 heteroatoms. The fraction of sp³-hybridized carbons (Fsp3) is 0.467. The first-order valence-corrected chi connectivity index (χ1v) is 6.95. The Balaban J connectivity index is 1.98. The van der Waals surface area contributed by atoms with E-state index in [0.29, 0.717) is 11.4 Å². The molecule has 0 spiro atoms. The number of benzene rings is 1. The highest BCUT2D eigenvalue weighted by molar-refractivity contribution is 7.80. The normalized spacial score (nSPS) is 17.5. The average Bonchev–Trinajstić information content (AvgIpc) is 2.70. The first-order valence-electron chi connectivity index (χ1n) is 6.54. The van der Waals surface area contributed by atoms with Crippen molar-refractivity contribution in [2.45, 2.75) is 26.7 Å². The van der Waals surface area contributed by atoms with Crippen molar-refractivity contribution in [2.75, 3.05) is 13.1 Å². The zero-order valence-electron chi connectivity index (χ0n) is 11.5. The Labute approximate surface area is 119 Å². The first kappa shape index (κ1) is 14.0. The molecule has 1 aromatic rings. The van der Waals surface area contributed by atoms with Crippen molar-refractivity contribution < 1.29 is 4.79 Å². The number of rotatable bonds is 3. The van der Waals surface area contributed by atoms with Gasteiger partial charge in [-0.15, -0.1) is 0 Å². The molecule has 0 radical (unpaired) electrons. The molecular formula is C15H20N2OS. The number of nitrogens with zero attached hydrogens (tertiary/aromatic N) is 1. The van der Waals surface area contributed by atoms with Crippen molar-refractivity contribution in [1.82, 2.24) is 4.90 Å². The molecule has 1 heterocycles. The van der Waals surface area contributed by atoms with Gasteiger partial charge in [0.2, 0.25) is 5.91 Å². The second kappa shape index (κ2) is 5.29. The van der Waals surface area contributed by atoms with E-state index in [1.165, 1.54) is 0 Å². The molecule has 2 N–H and O–H groups in total. The number of likely N-dealkylation sites (tertiary alicyclic amines) is 1. The van der Waals surface area contributed by atoms with E-state index in [1.54, 1.807) is 0 Å². The summed E-state index contributed by atoms with van der Waals surface area (Å²) in [5.41, 5.74) is 7.66. The summed E-state index contributed by atoms with van der Waals surface area (Å²) in [5, 5.41) is 0. The van der Waals surface area contributed by atoms with Gasteiger partial charge < -0.3 is 10.6 Å². The molecule has 2 rings (SSSR count). The Morgan fingerprint density at radius 3 is 2.47 bits per heavy atom. The zero-order chi connectivity index (χ0) is 14.0. The van der Waals surface area contributed by atoms with Gasteiger partial charge in [0.1, 0.15) is 4.99 Å². The fourth-order valence-electron chi connectivity index (χ4n) is 2.40. The maximum Gasteiger partial charge on any atom is 0.227 e. The fourth-order valence-corrected chi connectivity index (χ4v) is 2.53. The molecule has 1 saturated heterocycles. The van der Waals surface area contributed by atoms with E-state index < -0.39 is 0 Å². The topological polar surface area (TPSA) is 46.3 Å². The minimum Gasteiger partial charge on any atom is -0.389 e. The predicted octanol–water partition coefficient (Wildman–Crippen LogP) is 2.12. The van der Waals surface area contributed by atoms with Crippen LogP contribution in [0, 0.1) is 5.41 Å². The highest BCUT2D eigenvalue weighted by Crippen LogP contribution is 2.29. The highest BCUT2D eigenvalue weighted by Gasteiger charge is 2.31. The SMILES string of the molecule is CC1(C)CCN(C(=O)Cc2ccc(C(N)=S)cc2)C1. The van der Waals surface area contributed by atoms with Gasteiger partial charge >= 0.3 is 0 Å². The Morgan fingerprint density at radius 1 is 1.37 bits per heavy atom. The number of hydrogen-bond donors (Lipinski definition) is 1. The second-order valence-electron chi connectivity index (χ2n) is 5.97. The number of carbonyl (C=O) groups is 1. The molecule has 0 saturated carbocycles. The summed E-state index contributed by atoms with van der Waals surface area (Å²) in [4.78, 5) is 14.5. The molecule has 0 atom stereocenters. The lowest BCUT2D eigenvalue weighted by Gasteiger charge is -2.19. The van der Waals surface area contributed by atoms with Crippen molar-refractivity contribution >= 4 is 23.1 Å². The molecule has 0 aromatic heterocycles. The summed E-state index contributed by atoms with van der Waals surface area (Å²) >= 11 is 4.91. The molecule has 1 fully saturated rings. The largest absolute Gasteiger partial charge is 0.389 e. The third-order valence-corrected chi connectivity index (χ3v) is 3.86. The van der Waals surface area contributed by atoms with Crippen molar-refractivity contribution in [3.63, 3.8) is 0 Å². The van der Waals surface area contributed by atoms with E-state index in [4.69, 9.17) is 18.0 Å². The van der Waals surface area contributed by atoms with Crippen LogP contribution in [0.4, 0.5) is 0 Å². The summed E-state index contributed by atoms with van der Waals surface area (Å²) in [5.74, 6) is 0.202. The van der Waals surface area contributed by atoms with Crippen LogP contribution in [0.1, 0.15) is 31.4 Å². The smallest absolute Gasteiger partial charge is 0.227 e. The molecule has 0 aliphatic carbocycles. The summed E-state index contributed by atoms with van der Waals surface area (Å²) in [6.07, 6.45) is 1.53. The molecule has 0 bridgehead atoms. The van der Waals surface area contributed by atoms with Gasteiger partial charge in [0.25, 0.3) is 0 Å². The zero-order valence-corrected chi connectivity index (χ0v) is 12.3. The van der Waals surface area contributed by atoms with Crippen LogP contribution < -0.4 is 5.73 Å². The monoisotopic (exact) mass is 276 g/mol. The summed E-state index contributed by atoms with van der Waals surface area (Å²) < 4.78 is 0. The Morgan fingerprint density at radius 2 is 2.00 bits per heavy atom. The standard InChI is InChI=1S/C15H20N2OS/c1-15(2)7-8-17(10-15)13(18)9-11-3-5-12(6-4-11)14(16)19/h3-6H,7-10H2,1-2H3,(H2,16,19). The Bertz CT molecular complexity index is 493. The number of carbonyl (C=O) groups excluding carboxylic acids is 1. The second-order valence-corrected chi connectivity index (χ2v) is 6.41. The number of nitrogens with two attached hydrogens (primary N) is 1. The van der Waals surface area contributed by atoms with Gasteiger partial charge in [0.05, 0.1) is 6.42 Å². The summed E-state index contributed by atoms with van der Waals surface area (Å²) in [6.45, 7) is 6.14. The van der Waals surface area contributed by atoms with E-state index in [2.05, 4.69) is 13.8 Å².